The molecule has 1 aliphatic heterocycles. The van der Waals surface area contributed by atoms with E-state index in [2.05, 4.69) is 9.97 Å². The smallest absolute Gasteiger partial charge is 0.260 e. The summed E-state index contributed by atoms with van der Waals surface area (Å²) in [4.78, 5) is 22.1. The molecule has 2 heterocycles. The molecule has 0 fully saturated rings. The van der Waals surface area contributed by atoms with E-state index in [4.69, 9.17) is 0 Å². The zero-order chi connectivity index (χ0) is 17.6. The number of aromatic nitrogens is 2. The molecule has 1 aromatic heterocycles. The fourth-order valence-corrected chi connectivity index (χ4v) is 3.53. The Labute approximate surface area is 146 Å². The van der Waals surface area contributed by atoms with E-state index in [-0.39, 0.29) is 5.56 Å². The number of H-pyrrole nitrogens is 1. The third kappa shape index (κ3) is 2.81. The number of anilines is 1. The minimum Gasteiger partial charge on any atom is -0.385 e. The van der Waals surface area contributed by atoms with Crippen molar-refractivity contribution < 1.29 is 5.11 Å². The molecular formula is C20H21N3O2. The number of nitrogens with zero attached hydrogens (tertiary/aromatic N) is 2. The number of fused-ring (bicyclic) bond motifs is 2. The zero-order valence-electron chi connectivity index (χ0n) is 14.4. The van der Waals surface area contributed by atoms with Gasteiger partial charge in [0, 0.05) is 13.1 Å². The standard InChI is InChI=1S/C20H21N3O2/c1-13-7-8-17-15(11-13)18(24)22-19(21-17)23-10-9-20(2,25)16-6-4-3-5-14(16)12-23/h3-8,11,25H,9-10,12H2,1-2H3,(H,21,22,24). The molecule has 5 heteroatoms. The number of hydrogen-bond acceptors (Lipinski definition) is 4. The SMILES string of the molecule is Cc1ccc2nc(N3CCC(C)(O)c4ccccc4C3)[nH]c(=O)c2c1. The van der Waals surface area contributed by atoms with Crippen molar-refractivity contribution in [3.8, 4) is 0 Å². The van der Waals surface area contributed by atoms with Crippen molar-refractivity contribution >= 4 is 16.9 Å². The zero-order valence-corrected chi connectivity index (χ0v) is 14.4. The van der Waals surface area contributed by atoms with E-state index in [1.807, 2.05) is 61.2 Å². The lowest BCUT2D eigenvalue weighted by molar-refractivity contribution is 0.0514. The Kier molecular flexibility index (Phi) is 3.62. The number of aryl methyl sites for hydroxylation is 1. The minimum absolute atomic E-state index is 0.131. The predicted octanol–water partition coefficient (Wildman–Crippen LogP) is 2.85. The fraction of sp³-hybridized carbons (Fsp3) is 0.300. The van der Waals surface area contributed by atoms with Crippen LogP contribution in [0.2, 0.25) is 0 Å². The molecule has 5 nitrogen and oxygen atoms in total. The van der Waals surface area contributed by atoms with Crippen molar-refractivity contribution in [2.24, 2.45) is 0 Å². The van der Waals surface area contributed by atoms with Gasteiger partial charge in [-0.2, -0.15) is 0 Å². The lowest BCUT2D eigenvalue weighted by Crippen LogP contribution is -2.29. The summed E-state index contributed by atoms with van der Waals surface area (Å²) in [7, 11) is 0. The summed E-state index contributed by atoms with van der Waals surface area (Å²) in [5.74, 6) is 0.550. The molecule has 2 aromatic carbocycles. The van der Waals surface area contributed by atoms with Gasteiger partial charge in [0.2, 0.25) is 5.95 Å². The highest BCUT2D eigenvalue weighted by molar-refractivity contribution is 5.79. The van der Waals surface area contributed by atoms with Gasteiger partial charge in [-0.1, -0.05) is 35.9 Å². The molecule has 0 bridgehead atoms. The highest BCUT2D eigenvalue weighted by Gasteiger charge is 2.30. The van der Waals surface area contributed by atoms with Crippen LogP contribution in [-0.2, 0) is 12.1 Å². The molecule has 4 rings (SSSR count). The molecular weight excluding hydrogens is 314 g/mol. The molecule has 1 atom stereocenters. The molecule has 128 valence electrons. The van der Waals surface area contributed by atoms with Crippen LogP contribution in [0.1, 0.15) is 30.0 Å². The molecule has 1 aliphatic rings. The topological polar surface area (TPSA) is 69.2 Å². The van der Waals surface area contributed by atoms with Crippen molar-refractivity contribution in [3.05, 3.63) is 69.5 Å². The lowest BCUT2D eigenvalue weighted by Gasteiger charge is -2.24. The maximum atomic E-state index is 12.5. The Morgan fingerprint density at radius 2 is 2.04 bits per heavy atom. The highest BCUT2D eigenvalue weighted by Crippen LogP contribution is 2.32. The molecule has 2 N–H and O–H groups in total. The van der Waals surface area contributed by atoms with E-state index in [1.54, 1.807) is 0 Å². The van der Waals surface area contributed by atoms with Gasteiger partial charge in [0.25, 0.3) is 5.56 Å². The second-order valence-electron chi connectivity index (χ2n) is 7.01. The third-order valence-electron chi connectivity index (χ3n) is 4.98. The van der Waals surface area contributed by atoms with E-state index in [9.17, 15) is 9.90 Å². The average molecular weight is 335 g/mol. The summed E-state index contributed by atoms with van der Waals surface area (Å²) in [6.07, 6.45) is 0.569. The first-order valence-corrected chi connectivity index (χ1v) is 8.50. The second kappa shape index (κ2) is 5.70. The normalized spacial score (nSPS) is 20.4. The largest absolute Gasteiger partial charge is 0.385 e. The molecule has 3 aromatic rings. The van der Waals surface area contributed by atoms with Gasteiger partial charge in [-0.05, 0) is 43.5 Å². The van der Waals surface area contributed by atoms with E-state index in [0.29, 0.717) is 36.4 Å². The number of benzene rings is 2. The Hall–Kier alpha value is -2.66. The van der Waals surface area contributed by atoms with E-state index in [1.165, 1.54) is 0 Å². The van der Waals surface area contributed by atoms with Gasteiger partial charge in [-0.25, -0.2) is 4.98 Å². The first-order valence-electron chi connectivity index (χ1n) is 8.50. The van der Waals surface area contributed by atoms with Gasteiger partial charge >= 0.3 is 0 Å². The summed E-state index contributed by atoms with van der Waals surface area (Å²) in [6.45, 7) is 5.02. The Balaban J connectivity index is 1.79. The summed E-state index contributed by atoms with van der Waals surface area (Å²) in [6, 6.07) is 13.6. The maximum absolute atomic E-state index is 12.5. The van der Waals surface area contributed by atoms with Crippen molar-refractivity contribution in [3.63, 3.8) is 0 Å². The first-order chi connectivity index (χ1) is 11.9. The molecule has 0 aliphatic carbocycles. The van der Waals surface area contributed by atoms with Crippen LogP contribution in [0.4, 0.5) is 5.95 Å². The minimum atomic E-state index is -0.889. The summed E-state index contributed by atoms with van der Waals surface area (Å²) >= 11 is 0. The number of hydrogen-bond donors (Lipinski definition) is 2. The fourth-order valence-electron chi connectivity index (χ4n) is 3.53. The van der Waals surface area contributed by atoms with Crippen molar-refractivity contribution in [2.45, 2.75) is 32.4 Å². The molecule has 0 radical (unpaired) electrons. The second-order valence-corrected chi connectivity index (χ2v) is 7.01. The number of aliphatic hydroxyl groups is 1. The van der Waals surface area contributed by atoms with Crippen LogP contribution < -0.4 is 10.5 Å². The number of aromatic amines is 1. The summed E-state index contributed by atoms with van der Waals surface area (Å²) < 4.78 is 0. The molecule has 0 saturated carbocycles. The molecule has 0 spiro atoms. The van der Waals surface area contributed by atoms with Crippen LogP contribution in [0.25, 0.3) is 10.9 Å². The van der Waals surface area contributed by atoms with Crippen LogP contribution >= 0.6 is 0 Å². The van der Waals surface area contributed by atoms with Gasteiger partial charge in [0.15, 0.2) is 0 Å². The van der Waals surface area contributed by atoms with Crippen molar-refractivity contribution in [1.29, 1.82) is 0 Å². The summed E-state index contributed by atoms with van der Waals surface area (Å²) in [5, 5.41) is 11.4. The lowest BCUT2D eigenvalue weighted by atomic mass is 9.90. The predicted molar refractivity (Wildman–Crippen MR) is 98.8 cm³/mol. The van der Waals surface area contributed by atoms with Gasteiger partial charge in [0.1, 0.15) is 0 Å². The van der Waals surface area contributed by atoms with Crippen LogP contribution in [-0.4, -0.2) is 21.6 Å². The molecule has 0 amide bonds. The third-order valence-corrected chi connectivity index (χ3v) is 4.98. The average Bonchev–Trinajstić information content (AvgIpc) is 2.72. The van der Waals surface area contributed by atoms with Crippen LogP contribution in [0, 0.1) is 6.92 Å². The Bertz CT molecular complexity index is 1010. The van der Waals surface area contributed by atoms with Gasteiger partial charge in [0.05, 0.1) is 16.5 Å². The van der Waals surface area contributed by atoms with Crippen LogP contribution in [0.3, 0.4) is 0 Å². The van der Waals surface area contributed by atoms with Crippen LogP contribution in [0.15, 0.2) is 47.3 Å². The molecule has 1 unspecified atom stereocenters. The Morgan fingerprint density at radius 1 is 1.24 bits per heavy atom. The number of rotatable bonds is 1. The van der Waals surface area contributed by atoms with Gasteiger partial charge in [-0.15, -0.1) is 0 Å². The monoisotopic (exact) mass is 335 g/mol. The van der Waals surface area contributed by atoms with Crippen molar-refractivity contribution in [1.82, 2.24) is 9.97 Å². The van der Waals surface area contributed by atoms with E-state index < -0.39 is 5.60 Å². The quantitative estimate of drug-likeness (QED) is 0.717. The van der Waals surface area contributed by atoms with Crippen molar-refractivity contribution in [2.75, 3.05) is 11.4 Å². The maximum Gasteiger partial charge on any atom is 0.260 e. The van der Waals surface area contributed by atoms with E-state index >= 15 is 0 Å². The van der Waals surface area contributed by atoms with Gasteiger partial charge < -0.3 is 10.0 Å². The van der Waals surface area contributed by atoms with E-state index in [0.717, 1.165) is 16.7 Å². The van der Waals surface area contributed by atoms with Gasteiger partial charge in [-0.3, -0.25) is 9.78 Å². The molecule has 0 saturated heterocycles. The Morgan fingerprint density at radius 3 is 2.88 bits per heavy atom. The van der Waals surface area contributed by atoms with Crippen LogP contribution in [0.5, 0.6) is 0 Å². The summed E-state index contributed by atoms with van der Waals surface area (Å²) in [5.41, 5.74) is 2.70. The molecule has 25 heavy (non-hydrogen) atoms. The first kappa shape index (κ1) is 15.8. The highest BCUT2D eigenvalue weighted by atomic mass is 16.3. The number of nitrogens with one attached hydrogen (secondary N) is 1.